The smallest absolute Gasteiger partial charge is 0.317 e. The Bertz CT molecular complexity index is 644. The molecule has 0 unspecified atom stereocenters. The van der Waals surface area contributed by atoms with Gasteiger partial charge < -0.3 is 15.0 Å². The van der Waals surface area contributed by atoms with Crippen molar-refractivity contribution in [3.05, 3.63) is 59.5 Å². The molecule has 1 aromatic heterocycles. The van der Waals surface area contributed by atoms with E-state index in [1.807, 2.05) is 13.0 Å². The fraction of sp³-hybridized carbons (Fsp3) is 0.333. The molecule has 128 valence electrons. The highest BCUT2D eigenvalue weighted by atomic mass is 19.1. The van der Waals surface area contributed by atoms with Gasteiger partial charge in [-0.3, -0.25) is 0 Å². The molecule has 0 fully saturated rings. The van der Waals surface area contributed by atoms with Crippen LogP contribution < -0.4 is 10.1 Å². The van der Waals surface area contributed by atoms with E-state index in [0.717, 1.165) is 17.5 Å². The van der Waals surface area contributed by atoms with Crippen molar-refractivity contribution < 1.29 is 13.9 Å². The summed E-state index contributed by atoms with van der Waals surface area (Å²) in [4.78, 5) is 17.8. The number of hydrogen-bond acceptors (Lipinski definition) is 3. The molecule has 2 aromatic rings. The summed E-state index contributed by atoms with van der Waals surface area (Å²) in [5, 5.41) is 2.83. The topological polar surface area (TPSA) is 54.5 Å². The van der Waals surface area contributed by atoms with Crippen molar-refractivity contribution in [2.24, 2.45) is 0 Å². The Morgan fingerprint density at radius 3 is 2.54 bits per heavy atom. The molecule has 0 saturated carbocycles. The van der Waals surface area contributed by atoms with Gasteiger partial charge >= 0.3 is 6.03 Å². The van der Waals surface area contributed by atoms with E-state index in [2.05, 4.69) is 10.3 Å². The van der Waals surface area contributed by atoms with Crippen LogP contribution in [-0.2, 0) is 13.1 Å². The number of carbonyl (C=O) groups excluding carboxylic acids is 1. The fourth-order valence-corrected chi connectivity index (χ4v) is 2.06. The number of aromatic nitrogens is 1. The first-order valence-corrected chi connectivity index (χ1v) is 7.89. The van der Waals surface area contributed by atoms with Crippen LogP contribution in [0.4, 0.5) is 9.18 Å². The largest absolute Gasteiger partial charge is 0.478 e. The van der Waals surface area contributed by atoms with Crippen LogP contribution in [0.5, 0.6) is 5.88 Å². The molecule has 0 aliphatic carbocycles. The quantitative estimate of drug-likeness (QED) is 0.846. The minimum atomic E-state index is -0.287. The Labute approximate surface area is 141 Å². The van der Waals surface area contributed by atoms with E-state index in [4.69, 9.17) is 4.74 Å². The van der Waals surface area contributed by atoms with Gasteiger partial charge in [0.1, 0.15) is 5.82 Å². The fourth-order valence-electron chi connectivity index (χ4n) is 2.06. The molecule has 0 saturated heterocycles. The number of nitrogens with one attached hydrogen (secondary N) is 1. The van der Waals surface area contributed by atoms with Crippen LogP contribution in [0, 0.1) is 5.82 Å². The third-order valence-corrected chi connectivity index (χ3v) is 3.38. The van der Waals surface area contributed by atoms with Crippen molar-refractivity contribution in [2.75, 3.05) is 13.7 Å². The molecule has 2 rings (SSSR count). The third kappa shape index (κ3) is 5.53. The van der Waals surface area contributed by atoms with Gasteiger partial charge in [-0.1, -0.05) is 25.1 Å². The highest BCUT2D eigenvalue weighted by Gasteiger charge is 2.09. The van der Waals surface area contributed by atoms with Crippen LogP contribution in [0.25, 0.3) is 0 Å². The number of halogens is 1. The van der Waals surface area contributed by atoms with E-state index in [1.54, 1.807) is 36.3 Å². The average molecular weight is 331 g/mol. The van der Waals surface area contributed by atoms with Gasteiger partial charge in [0.15, 0.2) is 0 Å². The second-order valence-electron chi connectivity index (χ2n) is 5.49. The Kier molecular flexibility index (Phi) is 6.54. The zero-order valence-corrected chi connectivity index (χ0v) is 14.0. The molecule has 0 atom stereocenters. The number of ether oxygens (including phenoxy) is 1. The minimum absolute atomic E-state index is 0.203. The molecule has 0 spiro atoms. The zero-order valence-electron chi connectivity index (χ0n) is 14.0. The van der Waals surface area contributed by atoms with E-state index in [-0.39, 0.29) is 11.8 Å². The molecular formula is C18H22FN3O2. The van der Waals surface area contributed by atoms with E-state index in [1.165, 1.54) is 12.1 Å². The summed E-state index contributed by atoms with van der Waals surface area (Å²) in [5.41, 5.74) is 1.76. The maximum atomic E-state index is 12.9. The summed E-state index contributed by atoms with van der Waals surface area (Å²) in [5.74, 6) is 0.296. The first-order chi connectivity index (χ1) is 11.6. The van der Waals surface area contributed by atoms with Crippen molar-refractivity contribution in [1.82, 2.24) is 15.2 Å². The molecule has 2 amide bonds. The van der Waals surface area contributed by atoms with E-state index < -0.39 is 0 Å². The number of amides is 2. The van der Waals surface area contributed by atoms with E-state index >= 15 is 0 Å². The van der Waals surface area contributed by atoms with Crippen LogP contribution in [0.1, 0.15) is 24.5 Å². The minimum Gasteiger partial charge on any atom is -0.478 e. The number of rotatable bonds is 7. The molecule has 1 aromatic carbocycles. The molecule has 0 aliphatic heterocycles. The standard InChI is InChI=1S/C18H22FN3O2/c1-3-10-24-17-9-6-15(11-20-17)12-21-18(23)22(2)13-14-4-7-16(19)8-5-14/h4-9,11H,3,10,12-13H2,1-2H3,(H,21,23). The highest BCUT2D eigenvalue weighted by molar-refractivity contribution is 5.73. The van der Waals surface area contributed by atoms with Crippen LogP contribution in [-0.4, -0.2) is 29.6 Å². The lowest BCUT2D eigenvalue weighted by Crippen LogP contribution is -2.36. The van der Waals surface area contributed by atoms with Gasteiger partial charge in [-0.25, -0.2) is 14.2 Å². The Morgan fingerprint density at radius 1 is 1.21 bits per heavy atom. The van der Waals surface area contributed by atoms with Crippen molar-refractivity contribution in [3.8, 4) is 5.88 Å². The van der Waals surface area contributed by atoms with Crippen molar-refractivity contribution in [3.63, 3.8) is 0 Å². The van der Waals surface area contributed by atoms with Gasteiger partial charge in [0.05, 0.1) is 6.61 Å². The van der Waals surface area contributed by atoms with Gasteiger partial charge in [0.25, 0.3) is 0 Å². The Hall–Kier alpha value is -2.63. The molecule has 24 heavy (non-hydrogen) atoms. The molecule has 0 bridgehead atoms. The number of urea groups is 1. The van der Waals surface area contributed by atoms with Crippen LogP contribution in [0.3, 0.4) is 0 Å². The predicted octanol–water partition coefficient (Wildman–Crippen LogP) is 3.35. The van der Waals surface area contributed by atoms with E-state index in [0.29, 0.717) is 25.6 Å². The summed E-state index contributed by atoms with van der Waals surface area (Å²) in [7, 11) is 1.69. The first-order valence-electron chi connectivity index (χ1n) is 7.89. The second kappa shape index (κ2) is 8.86. The maximum absolute atomic E-state index is 12.9. The van der Waals surface area contributed by atoms with Crippen LogP contribution in [0.2, 0.25) is 0 Å². The third-order valence-electron chi connectivity index (χ3n) is 3.38. The molecule has 6 heteroatoms. The Balaban J connectivity index is 1.80. The zero-order chi connectivity index (χ0) is 17.4. The Morgan fingerprint density at radius 2 is 1.92 bits per heavy atom. The summed E-state index contributed by atoms with van der Waals surface area (Å²) in [6.45, 7) is 3.46. The lowest BCUT2D eigenvalue weighted by Gasteiger charge is -2.18. The normalized spacial score (nSPS) is 10.3. The molecule has 1 heterocycles. The van der Waals surface area contributed by atoms with Gasteiger partial charge in [-0.2, -0.15) is 0 Å². The van der Waals surface area contributed by atoms with Crippen molar-refractivity contribution in [2.45, 2.75) is 26.4 Å². The SMILES string of the molecule is CCCOc1ccc(CNC(=O)N(C)Cc2ccc(F)cc2)cn1. The molecule has 5 nitrogen and oxygen atoms in total. The average Bonchev–Trinajstić information content (AvgIpc) is 2.60. The van der Waals surface area contributed by atoms with Gasteiger partial charge in [-0.15, -0.1) is 0 Å². The van der Waals surface area contributed by atoms with Crippen molar-refractivity contribution in [1.29, 1.82) is 0 Å². The monoisotopic (exact) mass is 331 g/mol. The molecule has 1 N–H and O–H groups in total. The van der Waals surface area contributed by atoms with Crippen LogP contribution in [0.15, 0.2) is 42.6 Å². The highest BCUT2D eigenvalue weighted by Crippen LogP contribution is 2.09. The number of benzene rings is 1. The van der Waals surface area contributed by atoms with Crippen molar-refractivity contribution >= 4 is 6.03 Å². The summed E-state index contributed by atoms with van der Waals surface area (Å²) < 4.78 is 18.3. The summed E-state index contributed by atoms with van der Waals surface area (Å²) in [6, 6.07) is 9.56. The van der Waals surface area contributed by atoms with Crippen LogP contribution >= 0.6 is 0 Å². The summed E-state index contributed by atoms with van der Waals surface area (Å²) >= 11 is 0. The molecule has 0 aliphatic rings. The van der Waals surface area contributed by atoms with Gasteiger partial charge in [-0.05, 0) is 29.7 Å². The lowest BCUT2D eigenvalue weighted by molar-refractivity contribution is 0.206. The first kappa shape index (κ1) is 17.7. The summed E-state index contributed by atoms with van der Waals surface area (Å²) in [6.07, 6.45) is 2.62. The number of carbonyl (C=O) groups is 1. The van der Waals surface area contributed by atoms with E-state index in [9.17, 15) is 9.18 Å². The maximum Gasteiger partial charge on any atom is 0.317 e. The number of pyridine rings is 1. The van der Waals surface area contributed by atoms with Gasteiger partial charge in [0.2, 0.25) is 5.88 Å². The molecular weight excluding hydrogens is 309 g/mol. The number of hydrogen-bond donors (Lipinski definition) is 1. The second-order valence-corrected chi connectivity index (χ2v) is 5.49. The number of nitrogens with zero attached hydrogens (tertiary/aromatic N) is 2. The molecule has 0 radical (unpaired) electrons. The lowest BCUT2D eigenvalue weighted by atomic mass is 10.2. The van der Waals surface area contributed by atoms with Gasteiger partial charge in [0, 0.05) is 32.4 Å². The predicted molar refractivity (Wildman–Crippen MR) is 90.1 cm³/mol.